The summed E-state index contributed by atoms with van der Waals surface area (Å²) in [6, 6.07) is 10.8. The second-order valence-electron chi connectivity index (χ2n) is 8.61. The minimum absolute atomic E-state index is 0.0824. The van der Waals surface area contributed by atoms with Crippen LogP contribution < -0.4 is 16.4 Å². The summed E-state index contributed by atoms with van der Waals surface area (Å²) in [5, 5.41) is 15.2. The van der Waals surface area contributed by atoms with Crippen molar-refractivity contribution >= 4 is 44.7 Å². The minimum atomic E-state index is -3.78. The quantitative estimate of drug-likeness (QED) is 0.178. The van der Waals surface area contributed by atoms with Crippen molar-refractivity contribution in [2.45, 2.75) is 24.3 Å². The molecule has 11 nitrogen and oxygen atoms in total. The Kier molecular flexibility index (Phi) is 8.52. The number of aromatic nitrogens is 1. The molecule has 1 aliphatic rings. The highest BCUT2D eigenvalue weighted by Crippen LogP contribution is 2.33. The van der Waals surface area contributed by atoms with Gasteiger partial charge in [-0.05, 0) is 48.9 Å². The van der Waals surface area contributed by atoms with E-state index in [4.69, 9.17) is 15.9 Å². The van der Waals surface area contributed by atoms with E-state index in [-0.39, 0.29) is 23.8 Å². The SMILES string of the molecule is CC(NC(=O)CC(=O)Nc1ccc(C(=N)N)cc1)c1ccc(S(=O)(=O)N2CCOCC2)c(-c2nccs2)c1. The van der Waals surface area contributed by atoms with E-state index >= 15 is 0 Å². The monoisotopic (exact) mass is 556 g/mol. The molecular formula is C25H28N6O5S2. The number of amidine groups is 1. The van der Waals surface area contributed by atoms with Gasteiger partial charge in [0.2, 0.25) is 21.8 Å². The van der Waals surface area contributed by atoms with Crippen LogP contribution in [-0.2, 0) is 24.3 Å². The van der Waals surface area contributed by atoms with Crippen LogP contribution >= 0.6 is 11.3 Å². The number of carbonyl (C=O) groups is 2. The molecule has 1 saturated heterocycles. The first-order chi connectivity index (χ1) is 18.1. The number of nitrogens with one attached hydrogen (secondary N) is 3. The van der Waals surface area contributed by atoms with Gasteiger partial charge in [0.05, 0.1) is 24.2 Å². The number of nitrogens with zero attached hydrogens (tertiary/aromatic N) is 2. The number of hydrogen-bond donors (Lipinski definition) is 4. The van der Waals surface area contributed by atoms with Crippen molar-refractivity contribution < 1.29 is 22.7 Å². The minimum Gasteiger partial charge on any atom is -0.384 e. The third-order valence-corrected chi connectivity index (χ3v) is 8.70. The summed E-state index contributed by atoms with van der Waals surface area (Å²) in [6.45, 7) is 2.98. The number of hydrogen-bond acceptors (Lipinski definition) is 8. The predicted octanol–water partition coefficient (Wildman–Crippen LogP) is 2.32. The molecule has 200 valence electrons. The fourth-order valence-electron chi connectivity index (χ4n) is 3.95. The van der Waals surface area contributed by atoms with Gasteiger partial charge in [-0.15, -0.1) is 11.3 Å². The van der Waals surface area contributed by atoms with Crippen LogP contribution in [0.15, 0.2) is 58.9 Å². The van der Waals surface area contributed by atoms with Gasteiger partial charge in [0.15, 0.2) is 0 Å². The van der Waals surface area contributed by atoms with Gasteiger partial charge >= 0.3 is 0 Å². The maximum atomic E-state index is 13.4. The number of anilines is 1. The Morgan fingerprint density at radius 2 is 1.87 bits per heavy atom. The Bertz CT molecular complexity index is 1420. The Labute approximate surface area is 224 Å². The maximum Gasteiger partial charge on any atom is 0.243 e. The summed E-state index contributed by atoms with van der Waals surface area (Å²) in [4.78, 5) is 29.4. The molecule has 5 N–H and O–H groups in total. The number of sulfonamides is 1. The Morgan fingerprint density at radius 1 is 1.16 bits per heavy atom. The van der Waals surface area contributed by atoms with Gasteiger partial charge in [0.1, 0.15) is 17.3 Å². The number of nitrogen functional groups attached to an aromatic ring is 1. The van der Waals surface area contributed by atoms with E-state index < -0.39 is 34.3 Å². The summed E-state index contributed by atoms with van der Waals surface area (Å²) in [7, 11) is -3.78. The zero-order chi connectivity index (χ0) is 27.3. The molecule has 1 aromatic heterocycles. The third-order valence-electron chi connectivity index (χ3n) is 5.93. The highest BCUT2D eigenvalue weighted by atomic mass is 32.2. The summed E-state index contributed by atoms with van der Waals surface area (Å²) in [5.74, 6) is -1.07. The number of ether oxygens (including phenoxy) is 1. The molecule has 1 unspecified atom stereocenters. The van der Waals surface area contributed by atoms with Crippen LogP contribution in [0.1, 0.15) is 30.5 Å². The van der Waals surface area contributed by atoms with E-state index in [2.05, 4.69) is 15.6 Å². The van der Waals surface area contributed by atoms with Crippen molar-refractivity contribution in [1.82, 2.24) is 14.6 Å². The van der Waals surface area contributed by atoms with Crippen molar-refractivity contribution in [3.05, 3.63) is 65.2 Å². The van der Waals surface area contributed by atoms with Crippen LogP contribution in [0.4, 0.5) is 5.69 Å². The first kappa shape index (κ1) is 27.4. The lowest BCUT2D eigenvalue weighted by atomic mass is 10.0. The van der Waals surface area contributed by atoms with E-state index in [0.717, 1.165) is 0 Å². The van der Waals surface area contributed by atoms with E-state index in [1.165, 1.54) is 21.7 Å². The Morgan fingerprint density at radius 3 is 2.50 bits per heavy atom. The van der Waals surface area contributed by atoms with Gasteiger partial charge in [-0.1, -0.05) is 6.07 Å². The van der Waals surface area contributed by atoms with Crippen LogP contribution in [0.5, 0.6) is 0 Å². The number of rotatable bonds is 9. The average Bonchev–Trinajstić information content (AvgIpc) is 3.44. The van der Waals surface area contributed by atoms with Crippen molar-refractivity contribution in [3.63, 3.8) is 0 Å². The average molecular weight is 557 g/mol. The first-order valence-corrected chi connectivity index (χ1v) is 14.1. The smallest absolute Gasteiger partial charge is 0.243 e. The fourth-order valence-corrected chi connectivity index (χ4v) is 6.27. The van der Waals surface area contributed by atoms with E-state index in [1.54, 1.807) is 54.9 Å². The summed E-state index contributed by atoms with van der Waals surface area (Å²) < 4.78 is 33.5. The molecule has 0 aliphatic carbocycles. The van der Waals surface area contributed by atoms with Gasteiger partial charge in [-0.3, -0.25) is 15.0 Å². The lowest BCUT2D eigenvalue weighted by Crippen LogP contribution is -2.40. The molecule has 38 heavy (non-hydrogen) atoms. The number of benzene rings is 2. The van der Waals surface area contributed by atoms with E-state index in [1.807, 2.05) is 0 Å². The molecule has 1 fully saturated rings. The zero-order valence-corrected chi connectivity index (χ0v) is 22.3. The molecule has 0 spiro atoms. The van der Waals surface area contributed by atoms with Crippen LogP contribution in [0.2, 0.25) is 0 Å². The van der Waals surface area contributed by atoms with Crippen LogP contribution in [0.3, 0.4) is 0 Å². The standard InChI is InChI=1S/C25H28N6O5S2/c1-16(29-22(32)15-23(33)30-19-5-2-17(3-6-19)24(26)27)18-4-7-21(20(14-18)25-28-8-13-37-25)38(34,35)31-9-11-36-12-10-31/h2-8,13-14,16H,9-12,15H2,1H3,(H3,26,27)(H,29,32)(H,30,33). The fraction of sp³-hybridized carbons (Fsp3) is 0.280. The summed E-state index contributed by atoms with van der Waals surface area (Å²) in [6.07, 6.45) is 1.21. The second-order valence-corrected chi connectivity index (χ2v) is 11.4. The van der Waals surface area contributed by atoms with Gasteiger partial charge in [-0.2, -0.15) is 4.31 Å². The van der Waals surface area contributed by atoms with Crippen LogP contribution in [0, 0.1) is 5.41 Å². The molecule has 1 aliphatic heterocycles. The molecule has 4 rings (SSSR count). The summed E-state index contributed by atoms with van der Waals surface area (Å²) in [5.41, 5.74) is 7.56. The van der Waals surface area contributed by atoms with E-state index in [0.29, 0.717) is 40.6 Å². The number of morpholine rings is 1. The molecule has 2 heterocycles. The van der Waals surface area contributed by atoms with Gasteiger partial charge in [0.25, 0.3) is 0 Å². The van der Waals surface area contributed by atoms with Crippen LogP contribution in [0.25, 0.3) is 10.6 Å². The van der Waals surface area contributed by atoms with Crippen molar-refractivity contribution in [2.24, 2.45) is 5.73 Å². The predicted molar refractivity (Wildman–Crippen MR) is 144 cm³/mol. The van der Waals surface area contributed by atoms with Crippen molar-refractivity contribution in [1.29, 1.82) is 5.41 Å². The van der Waals surface area contributed by atoms with E-state index in [9.17, 15) is 18.0 Å². The maximum absolute atomic E-state index is 13.4. The largest absolute Gasteiger partial charge is 0.384 e. The number of thiazole rings is 1. The molecule has 1 atom stereocenters. The molecule has 3 aromatic rings. The normalized spacial score (nSPS) is 15.0. The first-order valence-electron chi connectivity index (χ1n) is 11.8. The van der Waals surface area contributed by atoms with Crippen molar-refractivity contribution in [2.75, 3.05) is 31.6 Å². The molecule has 0 bridgehead atoms. The summed E-state index contributed by atoms with van der Waals surface area (Å²) >= 11 is 1.32. The highest BCUT2D eigenvalue weighted by Gasteiger charge is 2.30. The molecular weight excluding hydrogens is 528 g/mol. The lowest BCUT2D eigenvalue weighted by molar-refractivity contribution is -0.127. The molecule has 0 radical (unpaired) electrons. The number of carbonyl (C=O) groups excluding carboxylic acids is 2. The molecule has 2 aromatic carbocycles. The van der Waals surface area contributed by atoms with Gasteiger partial charge in [0, 0.05) is 41.5 Å². The number of nitrogens with two attached hydrogens (primary N) is 1. The lowest BCUT2D eigenvalue weighted by Gasteiger charge is -2.27. The molecule has 2 amide bonds. The Balaban J connectivity index is 1.46. The Hall–Kier alpha value is -3.65. The topological polar surface area (TPSA) is 168 Å². The van der Waals surface area contributed by atoms with Crippen molar-refractivity contribution in [3.8, 4) is 10.6 Å². The number of amides is 2. The third kappa shape index (κ3) is 6.42. The zero-order valence-electron chi connectivity index (χ0n) is 20.6. The second kappa shape index (κ2) is 11.8. The van der Waals surface area contributed by atoms with Gasteiger partial charge < -0.3 is 21.1 Å². The molecule has 13 heteroatoms. The molecule has 0 saturated carbocycles. The highest BCUT2D eigenvalue weighted by molar-refractivity contribution is 7.89. The van der Waals surface area contributed by atoms with Gasteiger partial charge in [-0.25, -0.2) is 13.4 Å². The van der Waals surface area contributed by atoms with Crippen LogP contribution in [-0.4, -0.2) is 61.7 Å².